The molecule has 0 saturated carbocycles. The molecule has 0 fully saturated rings. The molecule has 0 aliphatic heterocycles. The lowest BCUT2D eigenvalue weighted by Crippen LogP contribution is -2.02. The molecular formula is C9H10FNO2. The van der Waals surface area contributed by atoms with Crippen molar-refractivity contribution in [2.45, 2.75) is 6.92 Å². The van der Waals surface area contributed by atoms with E-state index in [2.05, 4.69) is 5.32 Å². The number of benzene rings is 1. The van der Waals surface area contributed by atoms with Crippen LogP contribution in [0.4, 0.5) is 10.1 Å². The van der Waals surface area contributed by atoms with E-state index in [4.69, 9.17) is 5.11 Å². The van der Waals surface area contributed by atoms with Crippen molar-refractivity contribution in [3.05, 3.63) is 29.6 Å². The first-order valence-corrected chi connectivity index (χ1v) is 3.92. The Balaban J connectivity index is 2.98. The van der Waals surface area contributed by atoms with E-state index in [0.29, 0.717) is 12.2 Å². The first kappa shape index (κ1) is 9.51. The molecule has 0 amide bonds. The van der Waals surface area contributed by atoms with E-state index in [-0.39, 0.29) is 5.56 Å². The molecule has 0 saturated heterocycles. The molecule has 0 heterocycles. The van der Waals surface area contributed by atoms with Crippen LogP contribution in [0.25, 0.3) is 0 Å². The first-order chi connectivity index (χ1) is 6.15. The summed E-state index contributed by atoms with van der Waals surface area (Å²) >= 11 is 0. The van der Waals surface area contributed by atoms with E-state index in [9.17, 15) is 9.18 Å². The Bertz CT molecular complexity index is 325. The molecule has 4 heteroatoms. The normalized spacial score (nSPS) is 9.69. The molecule has 2 N–H and O–H groups in total. The van der Waals surface area contributed by atoms with Gasteiger partial charge in [-0.05, 0) is 25.1 Å². The SMILES string of the molecule is CCNc1ccc(C(=O)O)c(F)c1. The van der Waals surface area contributed by atoms with Crippen LogP contribution in [0.3, 0.4) is 0 Å². The number of aromatic carboxylic acids is 1. The molecule has 3 nitrogen and oxygen atoms in total. The Labute approximate surface area is 75.2 Å². The van der Waals surface area contributed by atoms with E-state index >= 15 is 0 Å². The Morgan fingerprint density at radius 3 is 2.77 bits per heavy atom. The zero-order valence-corrected chi connectivity index (χ0v) is 7.17. The zero-order valence-electron chi connectivity index (χ0n) is 7.17. The molecule has 0 spiro atoms. The fourth-order valence-corrected chi connectivity index (χ4v) is 1.00. The monoisotopic (exact) mass is 183 g/mol. The maximum atomic E-state index is 13.0. The van der Waals surface area contributed by atoms with Crippen LogP contribution in [-0.4, -0.2) is 17.6 Å². The van der Waals surface area contributed by atoms with E-state index in [0.717, 1.165) is 0 Å². The van der Waals surface area contributed by atoms with Crippen molar-refractivity contribution in [2.24, 2.45) is 0 Å². The van der Waals surface area contributed by atoms with E-state index in [1.165, 1.54) is 18.2 Å². The largest absolute Gasteiger partial charge is 0.478 e. The van der Waals surface area contributed by atoms with Crippen LogP contribution in [0.5, 0.6) is 0 Å². The van der Waals surface area contributed by atoms with Gasteiger partial charge in [0, 0.05) is 12.2 Å². The third-order valence-electron chi connectivity index (χ3n) is 1.58. The van der Waals surface area contributed by atoms with Crippen molar-refractivity contribution in [2.75, 3.05) is 11.9 Å². The highest BCUT2D eigenvalue weighted by Crippen LogP contribution is 2.14. The van der Waals surface area contributed by atoms with Crippen molar-refractivity contribution in [3.63, 3.8) is 0 Å². The van der Waals surface area contributed by atoms with Crippen LogP contribution >= 0.6 is 0 Å². The lowest BCUT2D eigenvalue weighted by molar-refractivity contribution is 0.0692. The third kappa shape index (κ3) is 2.18. The van der Waals surface area contributed by atoms with Gasteiger partial charge in [0.25, 0.3) is 0 Å². The van der Waals surface area contributed by atoms with Gasteiger partial charge < -0.3 is 10.4 Å². The van der Waals surface area contributed by atoms with Gasteiger partial charge in [-0.15, -0.1) is 0 Å². The van der Waals surface area contributed by atoms with E-state index in [1.807, 2.05) is 6.92 Å². The number of carboxylic acids is 1. The number of rotatable bonds is 3. The Hall–Kier alpha value is -1.58. The molecule has 13 heavy (non-hydrogen) atoms. The van der Waals surface area contributed by atoms with E-state index in [1.54, 1.807) is 0 Å². The van der Waals surface area contributed by atoms with Crippen LogP contribution in [0.15, 0.2) is 18.2 Å². The molecule has 0 aliphatic rings. The highest BCUT2D eigenvalue weighted by Gasteiger charge is 2.09. The highest BCUT2D eigenvalue weighted by molar-refractivity contribution is 5.88. The summed E-state index contributed by atoms with van der Waals surface area (Å²) in [7, 11) is 0. The Kier molecular flexibility index (Phi) is 2.84. The summed E-state index contributed by atoms with van der Waals surface area (Å²) in [5.41, 5.74) is 0.284. The van der Waals surface area contributed by atoms with E-state index < -0.39 is 11.8 Å². The Morgan fingerprint density at radius 1 is 1.62 bits per heavy atom. The first-order valence-electron chi connectivity index (χ1n) is 3.92. The van der Waals surface area contributed by atoms with Gasteiger partial charge in [-0.25, -0.2) is 9.18 Å². The molecule has 0 radical (unpaired) electrons. The zero-order chi connectivity index (χ0) is 9.84. The van der Waals surface area contributed by atoms with Gasteiger partial charge >= 0.3 is 5.97 Å². The minimum atomic E-state index is -1.25. The summed E-state index contributed by atoms with van der Waals surface area (Å²) in [6.07, 6.45) is 0. The number of hydrogen-bond acceptors (Lipinski definition) is 2. The average molecular weight is 183 g/mol. The summed E-state index contributed by atoms with van der Waals surface area (Å²) in [6, 6.07) is 3.96. The standard InChI is InChI=1S/C9H10FNO2/c1-2-11-6-3-4-7(9(12)13)8(10)5-6/h3-5,11H,2H2,1H3,(H,12,13). The summed E-state index contributed by atoms with van der Waals surface area (Å²) in [6.45, 7) is 2.55. The number of carbonyl (C=O) groups is 1. The summed E-state index contributed by atoms with van der Waals surface area (Å²) < 4.78 is 13.0. The summed E-state index contributed by atoms with van der Waals surface area (Å²) in [5, 5.41) is 11.4. The number of halogens is 1. The topological polar surface area (TPSA) is 49.3 Å². The predicted octanol–water partition coefficient (Wildman–Crippen LogP) is 1.96. The van der Waals surface area contributed by atoms with Crippen molar-refractivity contribution < 1.29 is 14.3 Å². The number of hydrogen-bond donors (Lipinski definition) is 2. The molecule has 0 aromatic heterocycles. The number of anilines is 1. The molecule has 70 valence electrons. The maximum absolute atomic E-state index is 13.0. The van der Waals surface area contributed by atoms with Crippen LogP contribution in [0, 0.1) is 5.82 Å². The van der Waals surface area contributed by atoms with Crippen LogP contribution in [-0.2, 0) is 0 Å². The highest BCUT2D eigenvalue weighted by atomic mass is 19.1. The van der Waals surface area contributed by atoms with Gasteiger partial charge in [0.15, 0.2) is 0 Å². The minimum absolute atomic E-state index is 0.304. The van der Waals surface area contributed by atoms with Crippen LogP contribution in [0.2, 0.25) is 0 Å². The molecule has 0 atom stereocenters. The molecule has 0 unspecified atom stereocenters. The van der Waals surface area contributed by atoms with Gasteiger partial charge in [0.1, 0.15) is 5.82 Å². The molecule has 1 aromatic carbocycles. The van der Waals surface area contributed by atoms with Gasteiger partial charge in [-0.2, -0.15) is 0 Å². The molecule has 1 aromatic rings. The smallest absolute Gasteiger partial charge is 0.338 e. The second kappa shape index (κ2) is 3.89. The average Bonchev–Trinajstić information content (AvgIpc) is 2.04. The van der Waals surface area contributed by atoms with Crippen molar-refractivity contribution in [1.82, 2.24) is 0 Å². The summed E-state index contributed by atoms with van der Waals surface area (Å²) in [5.74, 6) is -1.97. The van der Waals surface area contributed by atoms with Crippen LogP contribution < -0.4 is 5.32 Å². The Morgan fingerprint density at radius 2 is 2.31 bits per heavy atom. The number of nitrogens with one attached hydrogen (secondary N) is 1. The summed E-state index contributed by atoms with van der Waals surface area (Å²) in [4.78, 5) is 10.4. The molecule has 1 rings (SSSR count). The second-order valence-electron chi connectivity index (χ2n) is 2.53. The van der Waals surface area contributed by atoms with Gasteiger partial charge in [0.05, 0.1) is 5.56 Å². The lowest BCUT2D eigenvalue weighted by Gasteiger charge is -2.03. The molecular weight excluding hydrogens is 173 g/mol. The van der Waals surface area contributed by atoms with Crippen molar-refractivity contribution in [1.29, 1.82) is 0 Å². The quantitative estimate of drug-likeness (QED) is 0.753. The van der Waals surface area contributed by atoms with Gasteiger partial charge in [0.2, 0.25) is 0 Å². The molecule has 0 bridgehead atoms. The predicted molar refractivity (Wildman–Crippen MR) is 47.5 cm³/mol. The fraction of sp³-hybridized carbons (Fsp3) is 0.222. The van der Waals surface area contributed by atoms with Crippen molar-refractivity contribution in [3.8, 4) is 0 Å². The maximum Gasteiger partial charge on any atom is 0.338 e. The molecule has 0 aliphatic carbocycles. The van der Waals surface area contributed by atoms with Crippen LogP contribution in [0.1, 0.15) is 17.3 Å². The lowest BCUT2D eigenvalue weighted by atomic mass is 10.2. The third-order valence-corrected chi connectivity index (χ3v) is 1.58. The second-order valence-corrected chi connectivity index (χ2v) is 2.53. The number of carboxylic acid groups (broad SMARTS) is 1. The minimum Gasteiger partial charge on any atom is -0.478 e. The van der Waals surface area contributed by atoms with Gasteiger partial charge in [-0.3, -0.25) is 0 Å². The fourth-order valence-electron chi connectivity index (χ4n) is 1.00. The van der Waals surface area contributed by atoms with Crippen molar-refractivity contribution >= 4 is 11.7 Å². The van der Waals surface area contributed by atoms with Gasteiger partial charge in [-0.1, -0.05) is 0 Å².